The number of ether oxygens (including phenoxy) is 2. The van der Waals surface area contributed by atoms with Gasteiger partial charge < -0.3 is 9.47 Å². The molecule has 0 fully saturated rings. The van der Waals surface area contributed by atoms with Gasteiger partial charge in [-0.05, 0) is 56.2 Å². The molecule has 0 N–H and O–H groups in total. The Balaban J connectivity index is 2.07. The molecule has 0 atom stereocenters. The molecule has 0 aliphatic carbocycles. The summed E-state index contributed by atoms with van der Waals surface area (Å²) in [5, 5.41) is 0. The van der Waals surface area contributed by atoms with E-state index in [1.807, 2.05) is 25.1 Å². The van der Waals surface area contributed by atoms with Crippen LogP contribution in [0.15, 0.2) is 24.3 Å². The van der Waals surface area contributed by atoms with Gasteiger partial charge in [-0.25, -0.2) is 0 Å². The van der Waals surface area contributed by atoms with Crippen LogP contribution in [0.3, 0.4) is 0 Å². The van der Waals surface area contributed by atoms with Crippen LogP contribution in [0.1, 0.15) is 57.9 Å². The normalized spacial score (nSPS) is 10.6. The quantitative estimate of drug-likeness (QED) is 0.363. The first-order valence-corrected chi connectivity index (χ1v) is 8.40. The van der Waals surface area contributed by atoms with Gasteiger partial charge in [-0.3, -0.25) is 9.59 Å². The van der Waals surface area contributed by atoms with Crippen LogP contribution in [0.4, 0.5) is 0 Å². The molecule has 0 bridgehead atoms. The molecule has 23 heavy (non-hydrogen) atoms. The Kier molecular flexibility index (Phi) is 9.03. The topological polar surface area (TPSA) is 52.6 Å². The molecular formula is C19H28O4. The third-order valence-electron chi connectivity index (χ3n) is 3.42. The lowest BCUT2D eigenvalue weighted by Crippen LogP contribution is -2.09. The van der Waals surface area contributed by atoms with E-state index in [2.05, 4.69) is 13.8 Å². The van der Waals surface area contributed by atoms with Crippen molar-refractivity contribution in [1.29, 1.82) is 0 Å². The zero-order valence-corrected chi connectivity index (χ0v) is 14.5. The van der Waals surface area contributed by atoms with E-state index in [1.54, 1.807) is 6.07 Å². The van der Waals surface area contributed by atoms with Crippen molar-refractivity contribution in [2.45, 2.75) is 59.3 Å². The molecule has 4 nitrogen and oxygen atoms in total. The molecule has 0 aromatic heterocycles. The predicted molar refractivity (Wildman–Crippen MR) is 90.3 cm³/mol. The van der Waals surface area contributed by atoms with Crippen LogP contribution in [0.5, 0.6) is 5.75 Å². The lowest BCUT2D eigenvalue weighted by molar-refractivity contribution is -0.144. The largest absolute Gasteiger partial charge is 0.466 e. The number of unbranched alkanes of at least 4 members (excludes halogenated alkanes) is 1. The van der Waals surface area contributed by atoms with Crippen molar-refractivity contribution >= 4 is 11.9 Å². The second-order valence-corrected chi connectivity index (χ2v) is 6.25. The summed E-state index contributed by atoms with van der Waals surface area (Å²) in [5.74, 6) is 0.759. The van der Waals surface area contributed by atoms with E-state index in [-0.39, 0.29) is 11.9 Å². The van der Waals surface area contributed by atoms with Gasteiger partial charge in [-0.1, -0.05) is 26.0 Å². The predicted octanol–water partition coefficient (Wildman–Crippen LogP) is 4.44. The highest BCUT2D eigenvalue weighted by molar-refractivity contribution is 5.72. The number of esters is 2. The molecule has 0 aliphatic rings. The second-order valence-electron chi connectivity index (χ2n) is 6.25. The molecule has 1 rings (SSSR count). The number of aryl methyl sites for hydroxylation is 1. The zero-order valence-electron chi connectivity index (χ0n) is 14.5. The number of hydrogen-bond donors (Lipinski definition) is 0. The maximum atomic E-state index is 11.7. The van der Waals surface area contributed by atoms with Crippen LogP contribution in [-0.2, 0) is 14.3 Å². The Labute approximate surface area is 139 Å². The Morgan fingerprint density at radius 1 is 1.04 bits per heavy atom. The fourth-order valence-electron chi connectivity index (χ4n) is 2.15. The molecule has 0 heterocycles. The molecule has 128 valence electrons. The number of carbonyl (C=O) groups excluding carboxylic acids is 2. The van der Waals surface area contributed by atoms with Crippen LogP contribution in [0.2, 0.25) is 0 Å². The van der Waals surface area contributed by atoms with E-state index >= 15 is 0 Å². The molecule has 0 saturated carbocycles. The van der Waals surface area contributed by atoms with Gasteiger partial charge in [0.25, 0.3) is 0 Å². The summed E-state index contributed by atoms with van der Waals surface area (Å²) in [6, 6.07) is 7.39. The number of hydrogen-bond acceptors (Lipinski definition) is 4. The minimum absolute atomic E-state index is 0.180. The highest BCUT2D eigenvalue weighted by Crippen LogP contribution is 2.14. The molecule has 0 spiro atoms. The molecule has 1 aromatic carbocycles. The van der Waals surface area contributed by atoms with Crippen LogP contribution >= 0.6 is 0 Å². The Morgan fingerprint density at radius 2 is 1.74 bits per heavy atom. The van der Waals surface area contributed by atoms with Crippen LogP contribution in [-0.4, -0.2) is 18.5 Å². The molecule has 4 heteroatoms. The van der Waals surface area contributed by atoms with Gasteiger partial charge in [0.15, 0.2) is 0 Å². The highest BCUT2D eigenvalue weighted by atomic mass is 16.5. The average molecular weight is 320 g/mol. The average Bonchev–Trinajstić information content (AvgIpc) is 2.48. The number of rotatable bonds is 10. The van der Waals surface area contributed by atoms with Gasteiger partial charge in [0.05, 0.1) is 6.61 Å². The first-order chi connectivity index (χ1) is 11.0. The van der Waals surface area contributed by atoms with Gasteiger partial charge in [-0.2, -0.15) is 0 Å². The van der Waals surface area contributed by atoms with Gasteiger partial charge in [0.2, 0.25) is 0 Å². The van der Waals surface area contributed by atoms with Crippen molar-refractivity contribution in [1.82, 2.24) is 0 Å². The molecule has 0 radical (unpaired) electrons. The number of carbonyl (C=O) groups is 2. The van der Waals surface area contributed by atoms with Crippen molar-refractivity contribution in [2.24, 2.45) is 5.92 Å². The van der Waals surface area contributed by atoms with Gasteiger partial charge in [-0.15, -0.1) is 0 Å². The van der Waals surface area contributed by atoms with Crippen LogP contribution < -0.4 is 4.74 Å². The summed E-state index contributed by atoms with van der Waals surface area (Å²) in [6.45, 7) is 6.74. The minimum atomic E-state index is -0.263. The van der Waals surface area contributed by atoms with E-state index < -0.39 is 0 Å². The fraction of sp³-hybridized carbons (Fsp3) is 0.579. The van der Waals surface area contributed by atoms with Crippen molar-refractivity contribution in [3.05, 3.63) is 29.8 Å². The smallest absolute Gasteiger partial charge is 0.311 e. The summed E-state index contributed by atoms with van der Waals surface area (Å²) in [4.78, 5) is 23.2. The summed E-state index contributed by atoms with van der Waals surface area (Å²) in [5.41, 5.74) is 1.05. The van der Waals surface area contributed by atoms with Crippen LogP contribution in [0.25, 0.3) is 0 Å². The third kappa shape index (κ3) is 9.72. The van der Waals surface area contributed by atoms with E-state index in [1.165, 1.54) is 0 Å². The molecule has 0 saturated heterocycles. The first kappa shape index (κ1) is 19.2. The van der Waals surface area contributed by atoms with Crippen molar-refractivity contribution in [2.75, 3.05) is 6.61 Å². The molecule has 0 unspecified atom stereocenters. The fourth-order valence-corrected chi connectivity index (χ4v) is 2.15. The zero-order chi connectivity index (χ0) is 17.1. The van der Waals surface area contributed by atoms with Crippen molar-refractivity contribution in [3.63, 3.8) is 0 Å². The monoisotopic (exact) mass is 320 g/mol. The van der Waals surface area contributed by atoms with Crippen molar-refractivity contribution in [3.8, 4) is 5.75 Å². The summed E-state index contributed by atoms with van der Waals surface area (Å²) < 4.78 is 10.4. The van der Waals surface area contributed by atoms with Gasteiger partial charge >= 0.3 is 11.9 Å². The molecule has 0 amide bonds. The summed E-state index contributed by atoms with van der Waals surface area (Å²) in [6.07, 6.45) is 3.93. The van der Waals surface area contributed by atoms with Gasteiger partial charge in [0.1, 0.15) is 5.75 Å². The minimum Gasteiger partial charge on any atom is -0.466 e. The van der Waals surface area contributed by atoms with E-state index in [4.69, 9.17) is 9.47 Å². The third-order valence-corrected chi connectivity index (χ3v) is 3.42. The van der Waals surface area contributed by atoms with Crippen molar-refractivity contribution < 1.29 is 19.1 Å². The SMILES string of the molecule is Cc1cccc(OC(=O)CCCCC(=O)OCCCC(C)C)c1. The lowest BCUT2D eigenvalue weighted by atomic mass is 10.1. The van der Waals surface area contributed by atoms with Crippen LogP contribution in [0, 0.1) is 12.8 Å². The standard InChI is InChI=1S/C19H28O4/c1-15(2)8-7-13-22-18(20)11-4-5-12-19(21)23-17-10-6-9-16(3)14-17/h6,9-10,14-15H,4-5,7-8,11-13H2,1-3H3. The summed E-state index contributed by atoms with van der Waals surface area (Å²) in [7, 11) is 0. The lowest BCUT2D eigenvalue weighted by Gasteiger charge is -2.07. The van der Waals surface area contributed by atoms with Gasteiger partial charge in [0, 0.05) is 12.8 Å². The Morgan fingerprint density at radius 3 is 2.39 bits per heavy atom. The van der Waals surface area contributed by atoms with E-state index in [9.17, 15) is 9.59 Å². The van der Waals surface area contributed by atoms with E-state index in [0.717, 1.165) is 18.4 Å². The number of benzene rings is 1. The first-order valence-electron chi connectivity index (χ1n) is 8.40. The Hall–Kier alpha value is -1.84. The molecular weight excluding hydrogens is 292 g/mol. The van der Waals surface area contributed by atoms with E-state index in [0.29, 0.717) is 44.0 Å². The maximum absolute atomic E-state index is 11.7. The maximum Gasteiger partial charge on any atom is 0.311 e. The second kappa shape index (κ2) is 10.8. The molecule has 1 aromatic rings. The summed E-state index contributed by atoms with van der Waals surface area (Å²) >= 11 is 0. The molecule has 0 aliphatic heterocycles. The highest BCUT2D eigenvalue weighted by Gasteiger charge is 2.07. The Bertz CT molecular complexity index is 494.